The predicted molar refractivity (Wildman–Crippen MR) is 66.5 cm³/mol. The number of rotatable bonds is 6. The van der Waals surface area contributed by atoms with E-state index in [9.17, 15) is 4.79 Å². The molecule has 92 valence electrons. The first-order valence-corrected chi connectivity index (χ1v) is 6.16. The molecule has 0 unspecified atom stereocenters. The van der Waals surface area contributed by atoms with Crippen LogP contribution in [0.3, 0.4) is 0 Å². The molecule has 4 heteroatoms. The molecule has 1 aromatic rings. The van der Waals surface area contributed by atoms with E-state index in [1.165, 1.54) is 12.8 Å². The Hall–Kier alpha value is -1.42. The van der Waals surface area contributed by atoms with Crippen LogP contribution in [0.1, 0.15) is 30.7 Å². The Morgan fingerprint density at radius 3 is 3.00 bits per heavy atom. The third-order valence-corrected chi connectivity index (χ3v) is 2.78. The lowest BCUT2D eigenvalue weighted by Crippen LogP contribution is -2.28. The van der Waals surface area contributed by atoms with Crippen LogP contribution in [0.5, 0.6) is 0 Å². The first kappa shape index (κ1) is 12.0. The topological polar surface area (TPSA) is 54.0 Å². The summed E-state index contributed by atoms with van der Waals surface area (Å²) >= 11 is 0. The van der Waals surface area contributed by atoms with Crippen molar-refractivity contribution in [2.45, 2.75) is 38.8 Å². The van der Waals surface area contributed by atoms with E-state index in [4.69, 9.17) is 0 Å². The zero-order valence-electron chi connectivity index (χ0n) is 10.2. The molecule has 1 aliphatic rings. The summed E-state index contributed by atoms with van der Waals surface area (Å²) in [7, 11) is 0. The molecule has 1 aliphatic carbocycles. The van der Waals surface area contributed by atoms with Crippen LogP contribution in [0.25, 0.3) is 0 Å². The van der Waals surface area contributed by atoms with Crippen LogP contribution in [0.15, 0.2) is 18.2 Å². The van der Waals surface area contributed by atoms with Crippen LogP contribution in [-0.4, -0.2) is 23.5 Å². The van der Waals surface area contributed by atoms with Gasteiger partial charge in [0.25, 0.3) is 0 Å². The fourth-order valence-corrected chi connectivity index (χ4v) is 1.65. The highest BCUT2D eigenvalue weighted by Crippen LogP contribution is 2.18. The van der Waals surface area contributed by atoms with Gasteiger partial charge in [-0.05, 0) is 31.9 Å². The molecular weight excluding hydrogens is 214 g/mol. The van der Waals surface area contributed by atoms with Gasteiger partial charge in [0.15, 0.2) is 0 Å². The van der Waals surface area contributed by atoms with E-state index in [1.807, 2.05) is 25.1 Å². The molecule has 0 spiro atoms. The molecule has 1 aromatic heterocycles. The summed E-state index contributed by atoms with van der Waals surface area (Å²) < 4.78 is 0. The Kier molecular flexibility index (Phi) is 4.09. The Morgan fingerprint density at radius 2 is 2.29 bits per heavy atom. The fourth-order valence-electron chi connectivity index (χ4n) is 1.65. The SMILES string of the molecule is Cc1cccc(CNC(=O)CCNC2CC2)n1. The van der Waals surface area contributed by atoms with Crippen LogP contribution in [-0.2, 0) is 11.3 Å². The van der Waals surface area contributed by atoms with Crippen molar-refractivity contribution in [3.63, 3.8) is 0 Å². The number of nitrogens with zero attached hydrogens (tertiary/aromatic N) is 1. The number of hydrogen-bond donors (Lipinski definition) is 2. The quantitative estimate of drug-likeness (QED) is 0.775. The van der Waals surface area contributed by atoms with Gasteiger partial charge >= 0.3 is 0 Å². The third kappa shape index (κ3) is 4.53. The normalized spacial score (nSPS) is 14.6. The number of carbonyl (C=O) groups is 1. The predicted octanol–water partition coefficient (Wildman–Crippen LogP) is 1.15. The van der Waals surface area contributed by atoms with Crippen molar-refractivity contribution in [1.29, 1.82) is 0 Å². The highest BCUT2D eigenvalue weighted by Gasteiger charge is 2.19. The molecule has 1 saturated carbocycles. The van der Waals surface area contributed by atoms with E-state index in [1.54, 1.807) is 0 Å². The third-order valence-electron chi connectivity index (χ3n) is 2.78. The van der Waals surface area contributed by atoms with Crippen LogP contribution in [0.4, 0.5) is 0 Å². The molecule has 1 heterocycles. The summed E-state index contributed by atoms with van der Waals surface area (Å²) in [4.78, 5) is 15.9. The number of hydrogen-bond acceptors (Lipinski definition) is 3. The molecule has 0 aliphatic heterocycles. The molecule has 2 N–H and O–H groups in total. The van der Waals surface area contributed by atoms with Crippen LogP contribution >= 0.6 is 0 Å². The van der Waals surface area contributed by atoms with Crippen molar-refractivity contribution >= 4 is 5.91 Å². The maximum atomic E-state index is 11.5. The lowest BCUT2D eigenvalue weighted by Gasteiger charge is -2.06. The molecule has 1 fully saturated rings. The van der Waals surface area contributed by atoms with E-state index in [2.05, 4.69) is 15.6 Å². The lowest BCUT2D eigenvalue weighted by molar-refractivity contribution is -0.121. The molecule has 17 heavy (non-hydrogen) atoms. The summed E-state index contributed by atoms with van der Waals surface area (Å²) in [5.74, 6) is 0.0847. The summed E-state index contributed by atoms with van der Waals surface area (Å²) in [6, 6.07) is 6.50. The highest BCUT2D eigenvalue weighted by atomic mass is 16.1. The average molecular weight is 233 g/mol. The number of nitrogens with one attached hydrogen (secondary N) is 2. The van der Waals surface area contributed by atoms with Crippen molar-refractivity contribution in [1.82, 2.24) is 15.6 Å². The van der Waals surface area contributed by atoms with Gasteiger partial charge in [-0.1, -0.05) is 6.07 Å². The Bertz CT molecular complexity index is 388. The van der Waals surface area contributed by atoms with Gasteiger partial charge in [-0.15, -0.1) is 0 Å². The van der Waals surface area contributed by atoms with E-state index >= 15 is 0 Å². The molecule has 4 nitrogen and oxygen atoms in total. The highest BCUT2D eigenvalue weighted by molar-refractivity contribution is 5.75. The number of aromatic nitrogens is 1. The van der Waals surface area contributed by atoms with E-state index in [-0.39, 0.29) is 5.91 Å². The van der Waals surface area contributed by atoms with E-state index in [0.29, 0.717) is 19.0 Å². The molecule has 0 bridgehead atoms. The summed E-state index contributed by atoms with van der Waals surface area (Å²) in [6.45, 7) is 3.24. The van der Waals surface area contributed by atoms with Gasteiger partial charge in [0.05, 0.1) is 12.2 Å². The molecule has 0 saturated heterocycles. The number of carbonyl (C=O) groups excluding carboxylic acids is 1. The van der Waals surface area contributed by atoms with Crippen LogP contribution in [0.2, 0.25) is 0 Å². The molecule has 0 aromatic carbocycles. The van der Waals surface area contributed by atoms with Gasteiger partial charge in [-0.3, -0.25) is 9.78 Å². The zero-order valence-corrected chi connectivity index (χ0v) is 10.2. The maximum Gasteiger partial charge on any atom is 0.221 e. The second kappa shape index (κ2) is 5.77. The number of pyridine rings is 1. The first-order chi connectivity index (χ1) is 8.24. The van der Waals surface area contributed by atoms with Crippen molar-refractivity contribution in [3.05, 3.63) is 29.6 Å². The van der Waals surface area contributed by atoms with Crippen molar-refractivity contribution in [3.8, 4) is 0 Å². The molecule has 0 atom stereocenters. The minimum atomic E-state index is 0.0847. The van der Waals surface area contributed by atoms with Crippen molar-refractivity contribution < 1.29 is 4.79 Å². The van der Waals surface area contributed by atoms with Crippen molar-refractivity contribution in [2.24, 2.45) is 0 Å². The van der Waals surface area contributed by atoms with E-state index in [0.717, 1.165) is 17.9 Å². The largest absolute Gasteiger partial charge is 0.350 e. The maximum absolute atomic E-state index is 11.5. The minimum absolute atomic E-state index is 0.0847. The van der Waals surface area contributed by atoms with Gasteiger partial charge < -0.3 is 10.6 Å². The standard InChI is InChI=1S/C13H19N3O/c1-10-3-2-4-12(16-10)9-15-13(17)7-8-14-11-5-6-11/h2-4,11,14H,5-9H2,1H3,(H,15,17). The van der Waals surface area contributed by atoms with Gasteiger partial charge in [0.1, 0.15) is 0 Å². The second-order valence-electron chi connectivity index (χ2n) is 4.53. The first-order valence-electron chi connectivity index (χ1n) is 6.16. The molecule has 0 radical (unpaired) electrons. The van der Waals surface area contributed by atoms with Gasteiger partial charge in [0, 0.05) is 24.7 Å². The summed E-state index contributed by atoms with van der Waals surface area (Å²) in [5, 5.41) is 6.20. The number of aryl methyl sites for hydroxylation is 1. The second-order valence-corrected chi connectivity index (χ2v) is 4.53. The monoisotopic (exact) mass is 233 g/mol. The van der Waals surface area contributed by atoms with Gasteiger partial charge in [-0.2, -0.15) is 0 Å². The van der Waals surface area contributed by atoms with Crippen LogP contribution in [0, 0.1) is 6.92 Å². The smallest absolute Gasteiger partial charge is 0.221 e. The van der Waals surface area contributed by atoms with Gasteiger partial charge in [-0.25, -0.2) is 0 Å². The fraction of sp³-hybridized carbons (Fsp3) is 0.538. The van der Waals surface area contributed by atoms with Gasteiger partial charge in [0.2, 0.25) is 5.91 Å². The Balaban J connectivity index is 1.64. The molecular formula is C13H19N3O. The Labute approximate surface area is 102 Å². The minimum Gasteiger partial charge on any atom is -0.350 e. The molecule has 1 amide bonds. The van der Waals surface area contributed by atoms with E-state index < -0.39 is 0 Å². The zero-order chi connectivity index (χ0) is 12.1. The summed E-state index contributed by atoms with van der Waals surface area (Å²) in [6.07, 6.45) is 3.06. The van der Waals surface area contributed by atoms with Crippen molar-refractivity contribution in [2.75, 3.05) is 6.54 Å². The molecule has 2 rings (SSSR count). The van der Waals surface area contributed by atoms with Crippen LogP contribution < -0.4 is 10.6 Å². The average Bonchev–Trinajstić information content (AvgIpc) is 3.11. The lowest BCUT2D eigenvalue weighted by atomic mass is 10.3. The number of amides is 1. The Morgan fingerprint density at radius 1 is 1.47 bits per heavy atom. The summed E-state index contributed by atoms with van der Waals surface area (Å²) in [5.41, 5.74) is 1.89.